The molecule has 0 N–H and O–H groups in total. The Kier molecular flexibility index (Phi) is 4.00. The van der Waals surface area contributed by atoms with Gasteiger partial charge in [-0.3, -0.25) is 4.79 Å². The van der Waals surface area contributed by atoms with Crippen LogP contribution < -0.4 is 0 Å². The Balaban J connectivity index is 2.32. The number of hydrogen-bond acceptors (Lipinski definition) is 2. The molecule has 3 nitrogen and oxygen atoms in total. The monoisotopic (exact) mass is 204 g/mol. The van der Waals surface area contributed by atoms with Crippen molar-refractivity contribution in [1.82, 2.24) is 9.80 Å². The standard InChI is InChI=1S/C9H17ClN2O/c1-11(2)6-8-3-4-12(7-8)9(13)5-10/h8H,3-7H2,1-2H3/t8-/m1/s1. The van der Waals surface area contributed by atoms with E-state index in [1.165, 1.54) is 0 Å². The molecule has 0 aromatic heterocycles. The summed E-state index contributed by atoms with van der Waals surface area (Å²) < 4.78 is 0. The molecule has 4 heteroatoms. The first-order valence-corrected chi connectivity index (χ1v) is 5.15. The van der Waals surface area contributed by atoms with E-state index >= 15 is 0 Å². The maximum Gasteiger partial charge on any atom is 0.237 e. The smallest absolute Gasteiger partial charge is 0.237 e. The first kappa shape index (κ1) is 10.8. The Hall–Kier alpha value is -0.280. The van der Waals surface area contributed by atoms with Gasteiger partial charge in [-0.25, -0.2) is 0 Å². The van der Waals surface area contributed by atoms with Gasteiger partial charge in [0.25, 0.3) is 0 Å². The molecule has 1 aliphatic heterocycles. The number of alkyl halides is 1. The van der Waals surface area contributed by atoms with Crippen LogP contribution in [-0.4, -0.2) is 55.3 Å². The normalized spacial score (nSPS) is 22.8. The highest BCUT2D eigenvalue weighted by molar-refractivity contribution is 6.27. The lowest BCUT2D eigenvalue weighted by Crippen LogP contribution is -2.31. The fourth-order valence-electron chi connectivity index (χ4n) is 1.81. The third-order valence-corrected chi connectivity index (χ3v) is 2.60. The van der Waals surface area contributed by atoms with Gasteiger partial charge in [0.15, 0.2) is 0 Å². The zero-order valence-corrected chi connectivity index (χ0v) is 9.05. The van der Waals surface area contributed by atoms with Gasteiger partial charge < -0.3 is 9.80 Å². The van der Waals surface area contributed by atoms with Crippen LogP contribution in [0.3, 0.4) is 0 Å². The van der Waals surface area contributed by atoms with Gasteiger partial charge in [-0.05, 0) is 26.4 Å². The summed E-state index contributed by atoms with van der Waals surface area (Å²) in [5.74, 6) is 0.819. The van der Waals surface area contributed by atoms with Gasteiger partial charge in [-0.1, -0.05) is 0 Å². The molecule has 1 fully saturated rings. The van der Waals surface area contributed by atoms with Gasteiger partial charge in [0.1, 0.15) is 5.88 Å². The second-order valence-electron chi connectivity index (χ2n) is 3.89. The Bertz CT molecular complexity index is 184. The van der Waals surface area contributed by atoms with E-state index in [4.69, 9.17) is 11.6 Å². The Morgan fingerprint density at radius 2 is 2.31 bits per heavy atom. The van der Waals surface area contributed by atoms with Crippen molar-refractivity contribution in [1.29, 1.82) is 0 Å². The average molecular weight is 205 g/mol. The zero-order chi connectivity index (χ0) is 9.84. The van der Waals surface area contributed by atoms with E-state index < -0.39 is 0 Å². The number of nitrogens with zero attached hydrogens (tertiary/aromatic N) is 2. The lowest BCUT2D eigenvalue weighted by atomic mass is 10.1. The van der Waals surface area contributed by atoms with E-state index in [0.717, 1.165) is 26.1 Å². The van der Waals surface area contributed by atoms with Crippen LogP contribution in [-0.2, 0) is 4.79 Å². The molecule has 0 unspecified atom stereocenters. The lowest BCUT2D eigenvalue weighted by molar-refractivity contribution is -0.127. The summed E-state index contributed by atoms with van der Waals surface area (Å²) >= 11 is 5.48. The topological polar surface area (TPSA) is 23.6 Å². The average Bonchev–Trinajstić information content (AvgIpc) is 2.50. The number of halogens is 1. The van der Waals surface area contributed by atoms with Crippen LogP contribution in [0.25, 0.3) is 0 Å². The predicted molar refractivity (Wildman–Crippen MR) is 54.0 cm³/mol. The summed E-state index contributed by atoms with van der Waals surface area (Å²) in [4.78, 5) is 15.3. The number of likely N-dealkylation sites (tertiary alicyclic amines) is 1. The molecule has 0 saturated carbocycles. The highest BCUT2D eigenvalue weighted by Gasteiger charge is 2.25. The van der Waals surface area contributed by atoms with Crippen molar-refractivity contribution in [2.45, 2.75) is 6.42 Å². The molecule has 0 radical (unpaired) electrons. The summed E-state index contributed by atoms with van der Waals surface area (Å²) in [5, 5.41) is 0. The van der Waals surface area contributed by atoms with Crippen LogP contribution in [0.4, 0.5) is 0 Å². The summed E-state index contributed by atoms with van der Waals surface area (Å²) in [5.41, 5.74) is 0. The quantitative estimate of drug-likeness (QED) is 0.630. The minimum Gasteiger partial charge on any atom is -0.341 e. The largest absolute Gasteiger partial charge is 0.341 e. The summed E-state index contributed by atoms with van der Waals surface area (Å²) in [6.45, 7) is 2.82. The second kappa shape index (κ2) is 4.82. The van der Waals surface area contributed by atoms with Crippen LogP contribution in [0.15, 0.2) is 0 Å². The van der Waals surface area contributed by atoms with Crippen LogP contribution in [0, 0.1) is 5.92 Å². The number of amides is 1. The van der Waals surface area contributed by atoms with Crippen molar-refractivity contribution in [3.63, 3.8) is 0 Å². The minimum atomic E-state index is 0.0722. The Morgan fingerprint density at radius 1 is 1.62 bits per heavy atom. The molecule has 13 heavy (non-hydrogen) atoms. The van der Waals surface area contributed by atoms with E-state index in [0.29, 0.717) is 5.92 Å². The van der Waals surface area contributed by atoms with E-state index in [9.17, 15) is 4.79 Å². The molecule has 0 aliphatic carbocycles. The third kappa shape index (κ3) is 3.16. The van der Waals surface area contributed by atoms with Crippen LogP contribution >= 0.6 is 11.6 Å². The van der Waals surface area contributed by atoms with E-state index in [-0.39, 0.29) is 11.8 Å². The molecule has 0 aromatic rings. The first-order valence-electron chi connectivity index (χ1n) is 4.62. The summed E-state index contributed by atoms with van der Waals surface area (Å²) in [7, 11) is 4.12. The third-order valence-electron chi connectivity index (χ3n) is 2.38. The maximum atomic E-state index is 11.2. The molecule has 1 rings (SSSR count). The number of carbonyl (C=O) groups excluding carboxylic acids is 1. The van der Waals surface area contributed by atoms with Crippen LogP contribution in [0.5, 0.6) is 0 Å². The highest BCUT2D eigenvalue weighted by Crippen LogP contribution is 2.16. The van der Waals surface area contributed by atoms with Gasteiger partial charge in [0.2, 0.25) is 5.91 Å². The fraction of sp³-hybridized carbons (Fsp3) is 0.889. The number of hydrogen-bond donors (Lipinski definition) is 0. The minimum absolute atomic E-state index is 0.0722. The fourth-order valence-corrected chi connectivity index (χ4v) is 1.98. The van der Waals surface area contributed by atoms with Crippen molar-refractivity contribution >= 4 is 17.5 Å². The van der Waals surface area contributed by atoms with Gasteiger partial charge >= 0.3 is 0 Å². The van der Waals surface area contributed by atoms with Gasteiger partial charge in [-0.15, -0.1) is 11.6 Å². The molecular formula is C9H17ClN2O. The van der Waals surface area contributed by atoms with Crippen molar-refractivity contribution in [3.05, 3.63) is 0 Å². The number of rotatable bonds is 3. The maximum absolute atomic E-state index is 11.2. The van der Waals surface area contributed by atoms with Crippen LogP contribution in [0.1, 0.15) is 6.42 Å². The van der Waals surface area contributed by atoms with E-state index in [1.54, 1.807) is 0 Å². The van der Waals surface area contributed by atoms with E-state index in [2.05, 4.69) is 19.0 Å². The summed E-state index contributed by atoms with van der Waals surface area (Å²) in [6.07, 6.45) is 1.11. The second-order valence-corrected chi connectivity index (χ2v) is 4.16. The van der Waals surface area contributed by atoms with Crippen molar-refractivity contribution in [3.8, 4) is 0 Å². The Morgan fingerprint density at radius 3 is 2.85 bits per heavy atom. The molecule has 1 heterocycles. The highest BCUT2D eigenvalue weighted by atomic mass is 35.5. The molecule has 1 aliphatic rings. The zero-order valence-electron chi connectivity index (χ0n) is 8.29. The number of carbonyl (C=O) groups is 1. The van der Waals surface area contributed by atoms with Crippen molar-refractivity contribution < 1.29 is 4.79 Å². The molecule has 1 atom stereocenters. The molecular weight excluding hydrogens is 188 g/mol. The van der Waals surface area contributed by atoms with Crippen molar-refractivity contribution in [2.75, 3.05) is 39.6 Å². The van der Waals surface area contributed by atoms with Crippen molar-refractivity contribution in [2.24, 2.45) is 5.92 Å². The Labute approximate surface area is 84.6 Å². The van der Waals surface area contributed by atoms with Gasteiger partial charge in [0, 0.05) is 19.6 Å². The predicted octanol–water partition coefficient (Wildman–Crippen LogP) is 0.635. The lowest BCUT2D eigenvalue weighted by Gasteiger charge is -2.17. The molecule has 0 bridgehead atoms. The van der Waals surface area contributed by atoms with Gasteiger partial charge in [-0.2, -0.15) is 0 Å². The van der Waals surface area contributed by atoms with E-state index in [1.807, 2.05) is 4.90 Å². The van der Waals surface area contributed by atoms with Crippen LogP contribution in [0.2, 0.25) is 0 Å². The molecule has 0 aromatic carbocycles. The molecule has 76 valence electrons. The van der Waals surface area contributed by atoms with Gasteiger partial charge in [0.05, 0.1) is 0 Å². The molecule has 1 saturated heterocycles. The molecule has 0 spiro atoms. The SMILES string of the molecule is CN(C)C[C@H]1CCN(C(=O)CCl)C1. The summed E-state index contributed by atoms with van der Waals surface area (Å²) in [6, 6.07) is 0. The molecule has 1 amide bonds. The first-order chi connectivity index (χ1) is 6.13.